The number of aliphatic hydroxyl groups is 1. The number of hydrogen-bond acceptors (Lipinski definition) is 4. The molecule has 0 bridgehead atoms. The quantitative estimate of drug-likeness (QED) is 0.659. The van der Waals surface area contributed by atoms with Gasteiger partial charge >= 0.3 is 0 Å². The maximum Gasteiger partial charge on any atom is 0.0897 e. The standard InChI is InChI=1S/C14H24N2O2/c1-3-4-8-18-11-14(17)10-16-12(2)13-6-5-7-15-9-13/h5-7,9,12,14,16-17H,3-4,8,10-11H2,1-2H3. The van der Waals surface area contributed by atoms with Gasteiger partial charge in [0.2, 0.25) is 0 Å². The second-order valence-corrected chi connectivity index (χ2v) is 4.50. The molecule has 2 N–H and O–H groups in total. The fraction of sp³-hybridized carbons (Fsp3) is 0.643. The van der Waals surface area contributed by atoms with Crippen molar-refractivity contribution in [3.8, 4) is 0 Å². The van der Waals surface area contributed by atoms with Crippen molar-refractivity contribution in [3.63, 3.8) is 0 Å². The van der Waals surface area contributed by atoms with Crippen LogP contribution in [-0.2, 0) is 4.74 Å². The van der Waals surface area contributed by atoms with E-state index in [2.05, 4.69) is 24.1 Å². The number of rotatable bonds is 9. The van der Waals surface area contributed by atoms with Crippen LogP contribution >= 0.6 is 0 Å². The van der Waals surface area contributed by atoms with Crippen LogP contribution in [0.4, 0.5) is 0 Å². The molecule has 4 heteroatoms. The zero-order valence-electron chi connectivity index (χ0n) is 11.3. The molecule has 18 heavy (non-hydrogen) atoms. The Morgan fingerprint density at radius 1 is 1.50 bits per heavy atom. The third-order valence-corrected chi connectivity index (χ3v) is 2.80. The van der Waals surface area contributed by atoms with Crippen LogP contribution in [0.5, 0.6) is 0 Å². The number of hydrogen-bond donors (Lipinski definition) is 2. The average molecular weight is 252 g/mol. The molecule has 0 saturated carbocycles. The summed E-state index contributed by atoms with van der Waals surface area (Å²) < 4.78 is 5.37. The second kappa shape index (κ2) is 9.03. The van der Waals surface area contributed by atoms with Crippen molar-refractivity contribution in [1.82, 2.24) is 10.3 Å². The number of nitrogens with zero attached hydrogens (tertiary/aromatic N) is 1. The van der Waals surface area contributed by atoms with Crippen LogP contribution in [0.1, 0.15) is 38.3 Å². The Hall–Kier alpha value is -0.970. The molecule has 0 radical (unpaired) electrons. The molecule has 1 aromatic rings. The molecule has 0 fully saturated rings. The number of pyridine rings is 1. The first-order valence-corrected chi connectivity index (χ1v) is 6.63. The lowest BCUT2D eigenvalue weighted by molar-refractivity contribution is 0.0348. The van der Waals surface area contributed by atoms with Crippen molar-refractivity contribution in [1.29, 1.82) is 0 Å². The molecule has 2 atom stereocenters. The molecule has 2 unspecified atom stereocenters. The second-order valence-electron chi connectivity index (χ2n) is 4.50. The summed E-state index contributed by atoms with van der Waals surface area (Å²) in [5.74, 6) is 0. The monoisotopic (exact) mass is 252 g/mol. The molecule has 0 aromatic carbocycles. The van der Waals surface area contributed by atoms with E-state index in [0.29, 0.717) is 13.2 Å². The fourth-order valence-corrected chi connectivity index (χ4v) is 1.59. The van der Waals surface area contributed by atoms with Crippen LogP contribution in [0, 0.1) is 0 Å². The smallest absolute Gasteiger partial charge is 0.0897 e. The van der Waals surface area contributed by atoms with E-state index in [1.807, 2.05) is 18.3 Å². The Labute approximate surface area is 109 Å². The lowest BCUT2D eigenvalue weighted by Gasteiger charge is -2.17. The Morgan fingerprint density at radius 2 is 2.33 bits per heavy atom. The van der Waals surface area contributed by atoms with Crippen molar-refractivity contribution < 1.29 is 9.84 Å². The summed E-state index contributed by atoms with van der Waals surface area (Å²) in [6, 6.07) is 4.12. The van der Waals surface area contributed by atoms with Crippen LogP contribution in [0.25, 0.3) is 0 Å². The average Bonchev–Trinajstić information content (AvgIpc) is 2.42. The molecular weight excluding hydrogens is 228 g/mol. The number of aliphatic hydroxyl groups excluding tert-OH is 1. The zero-order chi connectivity index (χ0) is 13.2. The zero-order valence-corrected chi connectivity index (χ0v) is 11.3. The minimum absolute atomic E-state index is 0.184. The molecule has 0 spiro atoms. The van der Waals surface area contributed by atoms with Crippen molar-refractivity contribution in [2.24, 2.45) is 0 Å². The third kappa shape index (κ3) is 6.10. The molecule has 0 aliphatic carbocycles. The Bertz CT molecular complexity index is 306. The summed E-state index contributed by atoms with van der Waals surface area (Å²) in [7, 11) is 0. The Morgan fingerprint density at radius 3 is 3.00 bits per heavy atom. The highest BCUT2D eigenvalue weighted by Crippen LogP contribution is 2.09. The molecule has 0 saturated heterocycles. The molecule has 0 amide bonds. The minimum Gasteiger partial charge on any atom is -0.389 e. The molecule has 1 aromatic heterocycles. The van der Waals surface area contributed by atoms with Crippen molar-refractivity contribution in [2.75, 3.05) is 19.8 Å². The van der Waals surface area contributed by atoms with Crippen LogP contribution in [0.15, 0.2) is 24.5 Å². The van der Waals surface area contributed by atoms with E-state index >= 15 is 0 Å². The van der Waals surface area contributed by atoms with E-state index in [1.54, 1.807) is 6.20 Å². The van der Waals surface area contributed by atoms with Crippen molar-refractivity contribution in [3.05, 3.63) is 30.1 Å². The lowest BCUT2D eigenvalue weighted by Crippen LogP contribution is -2.32. The molecular formula is C14H24N2O2. The normalized spacial score (nSPS) is 14.4. The highest BCUT2D eigenvalue weighted by Gasteiger charge is 2.08. The van der Waals surface area contributed by atoms with Crippen molar-refractivity contribution in [2.45, 2.75) is 38.8 Å². The summed E-state index contributed by atoms with van der Waals surface area (Å²) in [5, 5.41) is 13.0. The predicted octanol–water partition coefficient (Wildman–Crippen LogP) is 1.91. The van der Waals surface area contributed by atoms with Gasteiger partial charge in [-0.25, -0.2) is 0 Å². The summed E-state index contributed by atoms with van der Waals surface area (Å²) >= 11 is 0. The number of nitrogens with one attached hydrogen (secondary N) is 1. The first-order valence-electron chi connectivity index (χ1n) is 6.63. The van der Waals surface area contributed by atoms with E-state index in [9.17, 15) is 5.11 Å². The first kappa shape index (κ1) is 15.1. The van der Waals surface area contributed by atoms with Crippen LogP contribution in [-0.4, -0.2) is 36.0 Å². The summed E-state index contributed by atoms with van der Waals surface area (Å²) in [4.78, 5) is 4.08. The van der Waals surface area contributed by atoms with Crippen molar-refractivity contribution >= 4 is 0 Å². The van der Waals surface area contributed by atoms with Gasteiger partial charge in [0, 0.05) is 31.6 Å². The van der Waals surface area contributed by atoms with Crippen LogP contribution in [0.2, 0.25) is 0 Å². The SMILES string of the molecule is CCCCOCC(O)CNC(C)c1cccnc1. The summed E-state index contributed by atoms with van der Waals surface area (Å²) in [6.45, 7) is 5.83. The van der Waals surface area contributed by atoms with E-state index < -0.39 is 6.10 Å². The first-order chi connectivity index (χ1) is 8.74. The summed E-state index contributed by atoms with van der Waals surface area (Å²) in [6.07, 6.45) is 5.30. The van der Waals surface area contributed by atoms with Gasteiger partial charge < -0.3 is 15.2 Å². The Kier molecular flexibility index (Phi) is 7.57. The van der Waals surface area contributed by atoms with Gasteiger partial charge in [-0.05, 0) is 25.0 Å². The summed E-state index contributed by atoms with van der Waals surface area (Å²) in [5.41, 5.74) is 1.12. The van der Waals surface area contributed by atoms with Crippen LogP contribution < -0.4 is 5.32 Å². The number of ether oxygens (including phenoxy) is 1. The maximum atomic E-state index is 9.74. The van der Waals surface area contributed by atoms with Gasteiger partial charge in [0.25, 0.3) is 0 Å². The van der Waals surface area contributed by atoms with E-state index in [0.717, 1.165) is 25.0 Å². The van der Waals surface area contributed by atoms with Gasteiger partial charge in [0.15, 0.2) is 0 Å². The van der Waals surface area contributed by atoms with Gasteiger partial charge in [-0.2, -0.15) is 0 Å². The molecule has 4 nitrogen and oxygen atoms in total. The molecule has 0 aliphatic rings. The maximum absolute atomic E-state index is 9.74. The van der Waals surface area contributed by atoms with Gasteiger partial charge in [-0.15, -0.1) is 0 Å². The highest BCUT2D eigenvalue weighted by atomic mass is 16.5. The van der Waals surface area contributed by atoms with Gasteiger partial charge in [0.1, 0.15) is 0 Å². The van der Waals surface area contributed by atoms with E-state index in [-0.39, 0.29) is 6.04 Å². The topological polar surface area (TPSA) is 54.4 Å². The number of unbranched alkanes of at least 4 members (excludes halogenated alkanes) is 1. The number of aromatic nitrogens is 1. The molecule has 1 heterocycles. The van der Waals surface area contributed by atoms with Crippen LogP contribution in [0.3, 0.4) is 0 Å². The fourth-order valence-electron chi connectivity index (χ4n) is 1.59. The molecule has 1 rings (SSSR count). The Balaban J connectivity index is 2.16. The molecule has 102 valence electrons. The minimum atomic E-state index is -0.457. The lowest BCUT2D eigenvalue weighted by atomic mass is 10.1. The highest BCUT2D eigenvalue weighted by molar-refractivity contribution is 5.12. The van der Waals surface area contributed by atoms with Gasteiger partial charge in [-0.3, -0.25) is 4.98 Å². The van der Waals surface area contributed by atoms with Gasteiger partial charge in [0.05, 0.1) is 12.7 Å². The third-order valence-electron chi connectivity index (χ3n) is 2.80. The van der Waals surface area contributed by atoms with E-state index in [1.165, 1.54) is 0 Å². The molecule has 0 aliphatic heterocycles. The van der Waals surface area contributed by atoms with Gasteiger partial charge in [-0.1, -0.05) is 19.4 Å². The van der Waals surface area contributed by atoms with E-state index in [4.69, 9.17) is 4.74 Å². The largest absolute Gasteiger partial charge is 0.389 e. The predicted molar refractivity (Wildman–Crippen MR) is 72.4 cm³/mol.